The topological polar surface area (TPSA) is 66.0 Å². The minimum atomic E-state index is 0.0868. The van der Waals surface area contributed by atoms with Crippen LogP contribution < -0.4 is 9.47 Å². The van der Waals surface area contributed by atoms with Gasteiger partial charge in [-0.1, -0.05) is 26.7 Å². The minimum absolute atomic E-state index is 0.0868. The average molecular weight is 415 g/mol. The van der Waals surface area contributed by atoms with Crippen LogP contribution in [0.2, 0.25) is 0 Å². The number of ether oxygens (including phenoxy) is 4. The molecule has 1 aliphatic heterocycles. The van der Waals surface area contributed by atoms with E-state index >= 15 is 0 Å². The van der Waals surface area contributed by atoms with Gasteiger partial charge in [-0.15, -0.1) is 0 Å². The number of aromatic nitrogens is 2. The number of unbranched alkanes of at least 4 members (excludes halogenated alkanes) is 2. The van der Waals surface area contributed by atoms with Crippen molar-refractivity contribution < 1.29 is 18.9 Å². The lowest BCUT2D eigenvalue weighted by molar-refractivity contribution is 0.123. The summed E-state index contributed by atoms with van der Waals surface area (Å²) in [6.45, 7) is 7.48. The summed E-state index contributed by atoms with van der Waals surface area (Å²) in [6, 6.07) is 7.89. The van der Waals surface area contributed by atoms with E-state index in [9.17, 15) is 0 Å². The molecule has 0 spiro atoms. The Labute approximate surface area is 179 Å². The van der Waals surface area contributed by atoms with Gasteiger partial charge in [0.05, 0.1) is 25.6 Å². The summed E-state index contributed by atoms with van der Waals surface area (Å²) < 4.78 is 22.8. The average Bonchev–Trinajstić information content (AvgIpc) is 3.62. The summed E-state index contributed by atoms with van der Waals surface area (Å²) in [5.74, 6) is 2.22. The molecule has 2 heterocycles. The van der Waals surface area contributed by atoms with Crippen LogP contribution in [0.15, 0.2) is 36.7 Å². The number of nitrogens with zero attached hydrogens (tertiary/aromatic N) is 2. The van der Waals surface area contributed by atoms with Crippen molar-refractivity contribution in [3.05, 3.63) is 36.7 Å². The van der Waals surface area contributed by atoms with E-state index in [0.717, 1.165) is 63.2 Å². The number of hydrogen-bond acceptors (Lipinski definition) is 6. The van der Waals surface area contributed by atoms with Gasteiger partial charge < -0.3 is 18.9 Å². The molecule has 164 valence electrons. The molecule has 1 unspecified atom stereocenters. The molecule has 0 radical (unpaired) electrons. The normalized spacial score (nSPS) is 16.3. The van der Waals surface area contributed by atoms with Gasteiger partial charge in [-0.3, -0.25) is 0 Å². The third kappa shape index (κ3) is 7.58. The van der Waals surface area contributed by atoms with E-state index in [-0.39, 0.29) is 12.2 Å². The summed E-state index contributed by atoms with van der Waals surface area (Å²) in [5.41, 5.74) is 0.953. The van der Waals surface area contributed by atoms with Crippen LogP contribution in [-0.4, -0.2) is 48.6 Å². The highest BCUT2D eigenvalue weighted by atomic mass is 16.6. The van der Waals surface area contributed by atoms with Crippen molar-refractivity contribution in [3.63, 3.8) is 0 Å². The molecule has 30 heavy (non-hydrogen) atoms. The smallest absolute Gasteiger partial charge is 0.159 e. The summed E-state index contributed by atoms with van der Waals surface area (Å²) in [6.07, 6.45) is 10.1. The van der Waals surface area contributed by atoms with Gasteiger partial charge in [-0.05, 0) is 49.9 Å². The van der Waals surface area contributed by atoms with Crippen molar-refractivity contribution in [2.45, 2.75) is 64.6 Å². The van der Waals surface area contributed by atoms with Crippen LogP contribution >= 0.6 is 0 Å². The van der Waals surface area contributed by atoms with Crippen LogP contribution in [0.25, 0.3) is 11.4 Å². The Morgan fingerprint density at radius 3 is 2.30 bits per heavy atom. The zero-order valence-corrected chi connectivity index (χ0v) is 18.2. The minimum Gasteiger partial charge on any atom is -0.494 e. The van der Waals surface area contributed by atoms with Gasteiger partial charge >= 0.3 is 0 Å². The highest BCUT2D eigenvalue weighted by molar-refractivity contribution is 5.56. The third-order valence-electron chi connectivity index (χ3n) is 4.97. The van der Waals surface area contributed by atoms with Crippen molar-refractivity contribution in [2.75, 3.05) is 26.4 Å². The van der Waals surface area contributed by atoms with Gasteiger partial charge in [0.2, 0.25) is 0 Å². The molecule has 3 rings (SSSR count). The van der Waals surface area contributed by atoms with E-state index in [2.05, 4.69) is 23.8 Å². The monoisotopic (exact) mass is 414 g/mol. The van der Waals surface area contributed by atoms with Gasteiger partial charge in [0.1, 0.15) is 18.0 Å². The number of hydrogen-bond donors (Lipinski definition) is 0. The van der Waals surface area contributed by atoms with E-state index in [1.54, 1.807) is 12.4 Å². The van der Waals surface area contributed by atoms with Crippen LogP contribution in [0.5, 0.6) is 11.5 Å². The lowest BCUT2D eigenvalue weighted by atomic mass is 10.1. The molecule has 1 aliphatic rings. The molecule has 2 atom stereocenters. The maximum atomic E-state index is 6.00. The van der Waals surface area contributed by atoms with Crippen molar-refractivity contribution >= 4 is 0 Å². The standard InChI is InChI=1S/C24H34N2O4/c1-3-5-13-27-14-6-7-15-28-20-11-9-19(10-12-20)24-25-16-21(17-26-24)30-22(8-4-2)23-18-29-23/h9-12,16-17,22-23H,3-8,13-15,18H2,1-2H3/t22?,23-/m0/s1. The van der Waals surface area contributed by atoms with E-state index in [1.807, 2.05) is 24.3 Å². The first kappa shape index (κ1) is 22.5. The molecule has 0 bridgehead atoms. The summed E-state index contributed by atoms with van der Waals surface area (Å²) in [7, 11) is 0. The molecule has 0 saturated carbocycles. The number of epoxide rings is 1. The first-order chi connectivity index (χ1) is 14.8. The molecular weight excluding hydrogens is 380 g/mol. The predicted molar refractivity (Wildman–Crippen MR) is 117 cm³/mol. The molecule has 1 aromatic carbocycles. The molecule has 1 saturated heterocycles. The van der Waals surface area contributed by atoms with Gasteiger partial charge in [-0.25, -0.2) is 9.97 Å². The van der Waals surface area contributed by atoms with E-state index in [4.69, 9.17) is 18.9 Å². The van der Waals surface area contributed by atoms with Crippen LogP contribution in [0.1, 0.15) is 52.4 Å². The summed E-state index contributed by atoms with van der Waals surface area (Å²) >= 11 is 0. The highest BCUT2D eigenvalue weighted by Crippen LogP contribution is 2.25. The first-order valence-electron chi connectivity index (χ1n) is 11.2. The van der Waals surface area contributed by atoms with Crippen LogP contribution in [0, 0.1) is 0 Å². The van der Waals surface area contributed by atoms with Crippen LogP contribution in [0.3, 0.4) is 0 Å². The predicted octanol–water partition coefficient (Wildman–Crippen LogP) is 5.07. The molecular formula is C24H34N2O4. The lowest BCUT2D eigenvalue weighted by Crippen LogP contribution is -2.23. The van der Waals surface area contributed by atoms with E-state index in [1.165, 1.54) is 6.42 Å². The zero-order valence-electron chi connectivity index (χ0n) is 18.2. The molecule has 6 heteroatoms. The fourth-order valence-electron chi connectivity index (χ4n) is 3.12. The Balaban J connectivity index is 1.41. The van der Waals surface area contributed by atoms with Crippen molar-refractivity contribution in [3.8, 4) is 22.9 Å². The van der Waals surface area contributed by atoms with E-state index in [0.29, 0.717) is 18.2 Å². The van der Waals surface area contributed by atoms with Gasteiger partial charge in [0, 0.05) is 18.8 Å². The molecule has 0 amide bonds. The SMILES string of the molecule is CCCCOCCCCOc1ccc(-c2ncc(OC(CCC)[C@@H]3CO3)cn2)cc1. The third-order valence-corrected chi connectivity index (χ3v) is 4.97. The molecule has 2 aromatic rings. The van der Waals surface area contributed by atoms with Crippen molar-refractivity contribution in [1.29, 1.82) is 0 Å². The first-order valence-corrected chi connectivity index (χ1v) is 11.2. The maximum absolute atomic E-state index is 6.00. The lowest BCUT2D eigenvalue weighted by Gasteiger charge is -2.16. The summed E-state index contributed by atoms with van der Waals surface area (Å²) in [4.78, 5) is 8.91. The van der Waals surface area contributed by atoms with Gasteiger partial charge in [0.25, 0.3) is 0 Å². The Bertz CT molecular complexity index is 717. The number of benzene rings is 1. The van der Waals surface area contributed by atoms with E-state index < -0.39 is 0 Å². The largest absolute Gasteiger partial charge is 0.494 e. The van der Waals surface area contributed by atoms with Crippen LogP contribution in [-0.2, 0) is 9.47 Å². The fraction of sp³-hybridized carbons (Fsp3) is 0.583. The molecule has 0 N–H and O–H groups in total. The zero-order chi connectivity index (χ0) is 21.0. The Morgan fingerprint density at radius 2 is 1.63 bits per heavy atom. The van der Waals surface area contributed by atoms with Crippen molar-refractivity contribution in [2.24, 2.45) is 0 Å². The second-order valence-corrected chi connectivity index (χ2v) is 7.61. The Hall–Kier alpha value is -2.18. The quantitative estimate of drug-likeness (QED) is 0.300. The molecule has 6 nitrogen and oxygen atoms in total. The summed E-state index contributed by atoms with van der Waals surface area (Å²) in [5, 5.41) is 0. The maximum Gasteiger partial charge on any atom is 0.159 e. The van der Waals surface area contributed by atoms with Crippen molar-refractivity contribution in [1.82, 2.24) is 9.97 Å². The second-order valence-electron chi connectivity index (χ2n) is 7.61. The van der Waals surface area contributed by atoms with Gasteiger partial charge in [-0.2, -0.15) is 0 Å². The Kier molecular flexibility index (Phi) is 9.38. The molecule has 1 fully saturated rings. The number of rotatable bonds is 15. The molecule has 0 aliphatic carbocycles. The second kappa shape index (κ2) is 12.5. The Morgan fingerprint density at radius 1 is 0.933 bits per heavy atom. The van der Waals surface area contributed by atoms with Crippen LogP contribution in [0.4, 0.5) is 0 Å². The van der Waals surface area contributed by atoms with Gasteiger partial charge in [0.15, 0.2) is 11.6 Å². The highest BCUT2D eigenvalue weighted by Gasteiger charge is 2.33. The molecule has 1 aromatic heterocycles. The fourth-order valence-corrected chi connectivity index (χ4v) is 3.12.